The Morgan fingerprint density at radius 3 is 2.50 bits per heavy atom. The van der Waals surface area contributed by atoms with Gasteiger partial charge in [0.15, 0.2) is 0 Å². The van der Waals surface area contributed by atoms with Crippen molar-refractivity contribution in [3.05, 3.63) is 29.8 Å². The zero-order chi connectivity index (χ0) is 14.6. The van der Waals surface area contributed by atoms with Gasteiger partial charge >= 0.3 is 0 Å². The summed E-state index contributed by atoms with van der Waals surface area (Å²) in [6, 6.07) is 7.72. The highest BCUT2D eigenvalue weighted by atomic mass is 32.2. The van der Waals surface area contributed by atoms with Gasteiger partial charge in [-0.15, -0.1) is 0 Å². The zero-order valence-corrected chi connectivity index (χ0v) is 13.3. The van der Waals surface area contributed by atoms with Crippen molar-refractivity contribution in [2.24, 2.45) is 0 Å². The van der Waals surface area contributed by atoms with E-state index in [2.05, 4.69) is 16.9 Å². The van der Waals surface area contributed by atoms with E-state index in [1.165, 1.54) is 24.8 Å². The zero-order valence-electron chi connectivity index (χ0n) is 12.5. The van der Waals surface area contributed by atoms with Gasteiger partial charge in [-0.3, -0.25) is 4.79 Å². The quantitative estimate of drug-likeness (QED) is 0.846. The minimum atomic E-state index is -0.166. The van der Waals surface area contributed by atoms with Gasteiger partial charge < -0.3 is 10.6 Å². The summed E-state index contributed by atoms with van der Waals surface area (Å²) >= 11 is 1.92. The molecule has 2 rings (SSSR count). The molecule has 0 spiro atoms. The summed E-state index contributed by atoms with van der Waals surface area (Å²) in [5.41, 5.74) is 2.05. The maximum Gasteiger partial charge on any atom is 0.241 e. The Balaban J connectivity index is 1.81. The minimum Gasteiger partial charge on any atom is -0.325 e. The number of benzene rings is 1. The Bertz CT molecular complexity index is 449. The number of anilines is 1. The van der Waals surface area contributed by atoms with Gasteiger partial charge in [0.25, 0.3) is 0 Å². The molecule has 110 valence electrons. The molecule has 0 bridgehead atoms. The van der Waals surface area contributed by atoms with Crippen LogP contribution in [-0.4, -0.2) is 29.5 Å². The van der Waals surface area contributed by atoms with Crippen LogP contribution >= 0.6 is 11.8 Å². The van der Waals surface area contributed by atoms with Crippen molar-refractivity contribution in [2.45, 2.75) is 43.9 Å². The van der Waals surface area contributed by atoms with Gasteiger partial charge in [0.2, 0.25) is 5.91 Å². The molecule has 1 saturated carbocycles. The van der Waals surface area contributed by atoms with Crippen LogP contribution in [0, 0.1) is 6.92 Å². The number of rotatable bonds is 6. The highest BCUT2D eigenvalue weighted by molar-refractivity contribution is 8.00. The molecular formula is C16H24N2OS. The fourth-order valence-corrected chi connectivity index (χ4v) is 3.27. The maximum atomic E-state index is 12.1. The van der Waals surface area contributed by atoms with Crippen molar-refractivity contribution in [1.29, 1.82) is 0 Å². The first-order valence-corrected chi connectivity index (χ1v) is 8.43. The van der Waals surface area contributed by atoms with Gasteiger partial charge in [-0.2, -0.15) is 11.8 Å². The highest BCUT2D eigenvalue weighted by Crippen LogP contribution is 2.42. The fraction of sp³-hybridized carbons (Fsp3) is 0.562. The second-order valence-corrected chi connectivity index (χ2v) is 6.97. The molecule has 0 radical (unpaired) electrons. The number of hydrogen-bond donors (Lipinski definition) is 2. The van der Waals surface area contributed by atoms with Gasteiger partial charge in [0.05, 0.1) is 6.04 Å². The third-order valence-corrected chi connectivity index (χ3v) is 5.56. The smallest absolute Gasteiger partial charge is 0.241 e. The summed E-state index contributed by atoms with van der Waals surface area (Å²) in [6.07, 6.45) is 5.99. The topological polar surface area (TPSA) is 41.1 Å². The lowest BCUT2D eigenvalue weighted by atomic mass is 9.84. The molecule has 20 heavy (non-hydrogen) atoms. The lowest BCUT2D eigenvalue weighted by molar-refractivity contribution is -0.117. The van der Waals surface area contributed by atoms with Gasteiger partial charge in [-0.1, -0.05) is 24.1 Å². The lowest BCUT2D eigenvalue weighted by Gasteiger charge is -2.41. The van der Waals surface area contributed by atoms with Gasteiger partial charge in [0, 0.05) is 17.0 Å². The average Bonchev–Trinajstić information content (AvgIpc) is 2.40. The second kappa shape index (κ2) is 6.64. The van der Waals surface area contributed by atoms with E-state index in [0.29, 0.717) is 4.75 Å². The van der Waals surface area contributed by atoms with Gasteiger partial charge in [0.1, 0.15) is 0 Å². The summed E-state index contributed by atoms with van der Waals surface area (Å²) in [7, 11) is 0. The van der Waals surface area contributed by atoms with E-state index in [4.69, 9.17) is 0 Å². The van der Waals surface area contributed by atoms with E-state index in [-0.39, 0.29) is 11.9 Å². The van der Waals surface area contributed by atoms with Crippen LogP contribution in [0.3, 0.4) is 0 Å². The van der Waals surface area contributed by atoms with Crippen molar-refractivity contribution in [3.8, 4) is 0 Å². The summed E-state index contributed by atoms with van der Waals surface area (Å²) in [5.74, 6) is 0.0319. The maximum absolute atomic E-state index is 12.1. The summed E-state index contributed by atoms with van der Waals surface area (Å²) < 4.78 is 0.360. The number of thioether (sulfide) groups is 1. The Kier molecular flexibility index (Phi) is 5.11. The molecule has 1 fully saturated rings. The van der Waals surface area contributed by atoms with Gasteiger partial charge in [-0.05, 0) is 45.1 Å². The largest absolute Gasteiger partial charge is 0.325 e. The molecule has 1 amide bonds. The predicted molar refractivity (Wildman–Crippen MR) is 87.4 cm³/mol. The SMILES string of the molecule is CSC1(CNC(C)C(=O)Nc2ccc(C)cc2)CCC1. The van der Waals surface area contributed by atoms with Crippen LogP contribution in [0.2, 0.25) is 0 Å². The van der Waals surface area contributed by atoms with Crippen LogP contribution < -0.4 is 10.6 Å². The predicted octanol–water partition coefficient (Wildman–Crippen LogP) is 3.20. The van der Waals surface area contributed by atoms with Crippen LogP contribution in [0.1, 0.15) is 31.7 Å². The van der Waals surface area contributed by atoms with Crippen molar-refractivity contribution in [2.75, 3.05) is 18.1 Å². The van der Waals surface area contributed by atoms with Crippen molar-refractivity contribution < 1.29 is 4.79 Å². The van der Waals surface area contributed by atoms with E-state index < -0.39 is 0 Å². The standard InChI is InChI=1S/C16H24N2OS/c1-12-5-7-14(8-6-12)18-15(19)13(2)17-11-16(20-3)9-4-10-16/h5-8,13,17H,4,9-11H2,1-3H3,(H,18,19). The van der Waals surface area contributed by atoms with E-state index in [0.717, 1.165) is 12.2 Å². The molecule has 0 heterocycles. The highest BCUT2D eigenvalue weighted by Gasteiger charge is 2.36. The first kappa shape index (κ1) is 15.4. The minimum absolute atomic E-state index is 0.0319. The van der Waals surface area contributed by atoms with Crippen LogP contribution in [-0.2, 0) is 4.79 Å². The number of amides is 1. The number of nitrogens with one attached hydrogen (secondary N) is 2. The van der Waals surface area contributed by atoms with Crippen molar-refractivity contribution >= 4 is 23.4 Å². The summed E-state index contributed by atoms with van der Waals surface area (Å²) in [4.78, 5) is 12.1. The van der Waals surface area contributed by atoms with Crippen molar-refractivity contribution in [3.63, 3.8) is 0 Å². The molecule has 1 aliphatic rings. The molecule has 2 N–H and O–H groups in total. The molecule has 1 aliphatic carbocycles. The molecule has 4 heteroatoms. The Morgan fingerprint density at radius 2 is 2.00 bits per heavy atom. The molecule has 1 aromatic carbocycles. The fourth-order valence-electron chi connectivity index (χ4n) is 2.34. The first-order chi connectivity index (χ1) is 9.54. The summed E-state index contributed by atoms with van der Waals surface area (Å²) in [6.45, 7) is 4.88. The lowest BCUT2D eigenvalue weighted by Crippen LogP contribution is -2.49. The average molecular weight is 292 g/mol. The van der Waals surface area contributed by atoms with Crippen LogP contribution in [0.15, 0.2) is 24.3 Å². The molecule has 0 aliphatic heterocycles. The first-order valence-electron chi connectivity index (χ1n) is 7.21. The second-order valence-electron chi connectivity index (χ2n) is 5.70. The van der Waals surface area contributed by atoms with E-state index in [9.17, 15) is 4.79 Å². The Morgan fingerprint density at radius 1 is 1.35 bits per heavy atom. The third kappa shape index (κ3) is 3.76. The summed E-state index contributed by atoms with van der Waals surface area (Å²) in [5, 5.41) is 6.33. The third-order valence-electron chi connectivity index (χ3n) is 4.14. The Hall–Kier alpha value is -1.00. The normalized spacial score (nSPS) is 18.1. The number of aryl methyl sites for hydroxylation is 1. The molecule has 0 aromatic heterocycles. The number of carbonyl (C=O) groups is 1. The number of carbonyl (C=O) groups excluding carboxylic acids is 1. The molecule has 0 saturated heterocycles. The van der Waals surface area contributed by atoms with E-state index in [1.807, 2.05) is 49.9 Å². The number of hydrogen-bond acceptors (Lipinski definition) is 3. The molecule has 1 atom stereocenters. The van der Waals surface area contributed by atoms with Crippen LogP contribution in [0.4, 0.5) is 5.69 Å². The van der Waals surface area contributed by atoms with Crippen molar-refractivity contribution in [1.82, 2.24) is 5.32 Å². The Labute approximate surface area is 125 Å². The van der Waals surface area contributed by atoms with E-state index in [1.54, 1.807) is 0 Å². The van der Waals surface area contributed by atoms with Gasteiger partial charge in [-0.25, -0.2) is 0 Å². The molecule has 1 aromatic rings. The van der Waals surface area contributed by atoms with Crippen LogP contribution in [0.5, 0.6) is 0 Å². The molecule has 3 nitrogen and oxygen atoms in total. The molecular weight excluding hydrogens is 268 g/mol. The molecule has 1 unspecified atom stereocenters. The van der Waals surface area contributed by atoms with Crippen LogP contribution in [0.25, 0.3) is 0 Å². The monoisotopic (exact) mass is 292 g/mol. The van der Waals surface area contributed by atoms with E-state index >= 15 is 0 Å².